The molecule has 4 rings (SSSR count). The zero-order valence-electron chi connectivity index (χ0n) is 17.0. The lowest BCUT2D eigenvalue weighted by atomic mass is 10.1. The molecule has 0 radical (unpaired) electrons. The van der Waals surface area contributed by atoms with Gasteiger partial charge in [0.1, 0.15) is 5.75 Å². The molecule has 2 aromatic rings. The first kappa shape index (κ1) is 19.6. The van der Waals surface area contributed by atoms with Crippen LogP contribution in [0.15, 0.2) is 42.5 Å². The molecule has 29 heavy (non-hydrogen) atoms. The van der Waals surface area contributed by atoms with Gasteiger partial charge in [-0.2, -0.15) is 0 Å². The number of amides is 1. The van der Waals surface area contributed by atoms with E-state index in [1.54, 1.807) is 7.11 Å². The van der Waals surface area contributed by atoms with Gasteiger partial charge in [0.2, 0.25) is 0 Å². The minimum absolute atomic E-state index is 0.0709. The minimum Gasteiger partial charge on any atom is -0.495 e. The van der Waals surface area contributed by atoms with Gasteiger partial charge in [-0.05, 0) is 42.7 Å². The first-order valence-electron chi connectivity index (χ1n) is 10.4. The molecule has 0 bridgehead atoms. The van der Waals surface area contributed by atoms with Crippen molar-refractivity contribution in [3.63, 3.8) is 0 Å². The third kappa shape index (κ3) is 4.48. The van der Waals surface area contributed by atoms with Crippen molar-refractivity contribution >= 4 is 17.3 Å². The molecule has 1 amide bonds. The summed E-state index contributed by atoms with van der Waals surface area (Å²) in [5.41, 5.74) is 3.98. The normalized spacial score (nSPS) is 16.7. The number of morpholine rings is 1. The van der Waals surface area contributed by atoms with Gasteiger partial charge < -0.3 is 24.6 Å². The predicted octanol–water partition coefficient (Wildman–Crippen LogP) is 3.06. The maximum absolute atomic E-state index is 12.9. The molecule has 1 N–H and O–H groups in total. The molecular weight excluding hydrogens is 366 g/mol. The molecule has 2 aliphatic heterocycles. The van der Waals surface area contributed by atoms with Crippen LogP contribution in [0.4, 0.5) is 11.4 Å². The van der Waals surface area contributed by atoms with E-state index in [1.807, 2.05) is 24.3 Å². The summed E-state index contributed by atoms with van der Waals surface area (Å²) in [7, 11) is 1.66. The SMILES string of the molecule is COc1ccc(C(=O)NCc2ccccc2N2CCCC2)cc1N1CCOCC1. The van der Waals surface area contributed by atoms with Gasteiger partial charge in [-0.3, -0.25) is 4.79 Å². The average molecular weight is 396 g/mol. The number of carbonyl (C=O) groups excluding carboxylic acids is 1. The van der Waals surface area contributed by atoms with Gasteiger partial charge in [-0.1, -0.05) is 18.2 Å². The minimum atomic E-state index is -0.0709. The van der Waals surface area contributed by atoms with Crippen molar-refractivity contribution in [3.8, 4) is 5.75 Å². The van der Waals surface area contributed by atoms with Crippen LogP contribution >= 0.6 is 0 Å². The zero-order valence-corrected chi connectivity index (χ0v) is 17.0. The van der Waals surface area contributed by atoms with Crippen LogP contribution < -0.4 is 19.9 Å². The van der Waals surface area contributed by atoms with Crippen molar-refractivity contribution in [2.75, 3.05) is 56.3 Å². The van der Waals surface area contributed by atoms with Gasteiger partial charge in [0.25, 0.3) is 5.91 Å². The van der Waals surface area contributed by atoms with E-state index in [-0.39, 0.29) is 5.91 Å². The first-order valence-corrected chi connectivity index (χ1v) is 10.4. The highest BCUT2D eigenvalue weighted by Crippen LogP contribution is 2.30. The van der Waals surface area contributed by atoms with Crippen molar-refractivity contribution in [3.05, 3.63) is 53.6 Å². The van der Waals surface area contributed by atoms with Crippen LogP contribution in [-0.2, 0) is 11.3 Å². The number of carbonyl (C=O) groups is 1. The Morgan fingerprint density at radius 2 is 1.72 bits per heavy atom. The van der Waals surface area contributed by atoms with E-state index in [0.717, 1.165) is 43.2 Å². The monoisotopic (exact) mass is 395 g/mol. The van der Waals surface area contributed by atoms with Crippen LogP contribution in [0.5, 0.6) is 5.75 Å². The third-order valence-electron chi connectivity index (χ3n) is 5.67. The van der Waals surface area contributed by atoms with Crippen molar-refractivity contribution in [1.29, 1.82) is 0 Å². The quantitative estimate of drug-likeness (QED) is 0.815. The number of ether oxygens (including phenoxy) is 2. The molecule has 0 atom stereocenters. The maximum atomic E-state index is 12.9. The molecule has 154 valence electrons. The standard InChI is InChI=1S/C23H29N3O3/c1-28-22-9-8-18(16-21(22)26-12-14-29-15-13-26)23(27)24-17-19-6-2-3-7-20(19)25-10-4-5-11-25/h2-3,6-9,16H,4-5,10-15,17H2,1H3,(H,24,27). The Labute approximate surface area is 172 Å². The van der Waals surface area contributed by atoms with Gasteiger partial charge in [-0.25, -0.2) is 0 Å². The van der Waals surface area contributed by atoms with Gasteiger partial charge in [0.05, 0.1) is 26.0 Å². The zero-order chi connectivity index (χ0) is 20.1. The summed E-state index contributed by atoms with van der Waals surface area (Å²) in [6.07, 6.45) is 2.47. The van der Waals surface area contributed by atoms with Crippen LogP contribution in [0.25, 0.3) is 0 Å². The summed E-state index contributed by atoms with van der Waals surface area (Å²) < 4.78 is 11.0. The maximum Gasteiger partial charge on any atom is 0.251 e. The summed E-state index contributed by atoms with van der Waals surface area (Å²) in [4.78, 5) is 17.5. The Balaban J connectivity index is 1.48. The number of methoxy groups -OCH3 is 1. The van der Waals surface area contributed by atoms with Crippen LogP contribution in [0.1, 0.15) is 28.8 Å². The molecule has 2 fully saturated rings. The smallest absolute Gasteiger partial charge is 0.251 e. The molecule has 2 aromatic carbocycles. The predicted molar refractivity (Wildman–Crippen MR) is 115 cm³/mol. The third-order valence-corrected chi connectivity index (χ3v) is 5.67. The van der Waals surface area contributed by atoms with Crippen LogP contribution in [0.2, 0.25) is 0 Å². The van der Waals surface area contributed by atoms with E-state index in [9.17, 15) is 4.79 Å². The van der Waals surface area contributed by atoms with Gasteiger partial charge >= 0.3 is 0 Å². The Bertz CT molecular complexity index is 843. The summed E-state index contributed by atoms with van der Waals surface area (Å²) >= 11 is 0. The number of anilines is 2. The largest absolute Gasteiger partial charge is 0.495 e. The van der Waals surface area contributed by atoms with E-state index in [1.165, 1.54) is 18.5 Å². The highest BCUT2D eigenvalue weighted by molar-refractivity contribution is 5.95. The number of benzene rings is 2. The van der Waals surface area contributed by atoms with E-state index in [4.69, 9.17) is 9.47 Å². The van der Waals surface area contributed by atoms with Gasteiger partial charge in [-0.15, -0.1) is 0 Å². The van der Waals surface area contributed by atoms with E-state index >= 15 is 0 Å². The molecule has 0 spiro atoms. The van der Waals surface area contributed by atoms with Crippen molar-refractivity contribution < 1.29 is 14.3 Å². The molecule has 0 saturated carbocycles. The highest BCUT2D eigenvalue weighted by Gasteiger charge is 2.19. The lowest BCUT2D eigenvalue weighted by Crippen LogP contribution is -2.36. The van der Waals surface area contributed by atoms with Crippen LogP contribution in [0, 0.1) is 0 Å². The molecule has 2 aliphatic rings. The molecule has 2 heterocycles. The Hall–Kier alpha value is -2.73. The average Bonchev–Trinajstić information content (AvgIpc) is 3.32. The molecule has 0 unspecified atom stereocenters. The van der Waals surface area contributed by atoms with E-state index in [0.29, 0.717) is 25.3 Å². The topological polar surface area (TPSA) is 54.0 Å². The summed E-state index contributed by atoms with van der Waals surface area (Å²) in [5.74, 6) is 0.709. The molecule has 0 aliphatic carbocycles. The van der Waals surface area contributed by atoms with Gasteiger partial charge in [0, 0.05) is 44.0 Å². The number of nitrogens with one attached hydrogen (secondary N) is 1. The fraction of sp³-hybridized carbons (Fsp3) is 0.435. The van der Waals surface area contributed by atoms with Gasteiger partial charge in [0.15, 0.2) is 0 Å². The molecule has 6 heteroatoms. The fourth-order valence-corrected chi connectivity index (χ4v) is 4.09. The molecule has 2 saturated heterocycles. The lowest BCUT2D eigenvalue weighted by molar-refractivity contribution is 0.0951. The number of nitrogens with zero attached hydrogens (tertiary/aromatic N) is 2. The van der Waals surface area contributed by atoms with Crippen molar-refractivity contribution in [1.82, 2.24) is 5.32 Å². The Morgan fingerprint density at radius 3 is 2.48 bits per heavy atom. The summed E-state index contributed by atoms with van der Waals surface area (Å²) in [6.45, 7) is 5.66. The van der Waals surface area contributed by atoms with E-state index < -0.39 is 0 Å². The second-order valence-electron chi connectivity index (χ2n) is 7.49. The summed E-state index contributed by atoms with van der Waals surface area (Å²) in [5, 5.41) is 3.10. The van der Waals surface area contributed by atoms with Crippen LogP contribution in [0.3, 0.4) is 0 Å². The first-order chi connectivity index (χ1) is 14.3. The second kappa shape index (κ2) is 9.18. The second-order valence-corrected chi connectivity index (χ2v) is 7.49. The Morgan fingerprint density at radius 1 is 1.00 bits per heavy atom. The lowest BCUT2D eigenvalue weighted by Gasteiger charge is -2.30. The number of para-hydroxylation sites is 1. The van der Waals surface area contributed by atoms with Crippen molar-refractivity contribution in [2.24, 2.45) is 0 Å². The molecule has 0 aromatic heterocycles. The summed E-state index contributed by atoms with van der Waals surface area (Å²) in [6, 6.07) is 14.0. The van der Waals surface area contributed by atoms with Crippen LogP contribution in [-0.4, -0.2) is 52.4 Å². The van der Waals surface area contributed by atoms with E-state index in [2.05, 4.69) is 33.3 Å². The number of rotatable bonds is 6. The number of hydrogen-bond acceptors (Lipinski definition) is 5. The Kier molecular flexibility index (Phi) is 6.20. The number of hydrogen-bond donors (Lipinski definition) is 1. The molecule has 6 nitrogen and oxygen atoms in total. The molecular formula is C23H29N3O3. The van der Waals surface area contributed by atoms with Crippen molar-refractivity contribution in [2.45, 2.75) is 19.4 Å². The fourth-order valence-electron chi connectivity index (χ4n) is 4.09. The highest BCUT2D eigenvalue weighted by atomic mass is 16.5.